The third-order valence-corrected chi connectivity index (χ3v) is 21.2. The molecule has 0 saturated carbocycles. The Hall–Kier alpha value is -7.77. The number of anilines is 4. The van der Waals surface area contributed by atoms with E-state index in [1.54, 1.807) is 0 Å². The maximum atomic E-state index is 14.3. The van der Waals surface area contributed by atoms with Gasteiger partial charge in [-0.1, -0.05) is 0 Å². The van der Waals surface area contributed by atoms with E-state index in [1.165, 1.54) is 45.4 Å². The first-order chi connectivity index (χ1) is 49.2. The Morgan fingerprint density at radius 1 is 0.519 bits per heavy atom. The third-order valence-electron chi connectivity index (χ3n) is 16.8. The molecule has 5 saturated heterocycles. The summed E-state index contributed by atoms with van der Waals surface area (Å²) in [6, 6.07) is 1.26. The standard InChI is InChI=1S/C49H61N20O30P5/c1-19-9-66(49(75)64-43(19)71)31-4-20(70)25(91-31)11-87-101(78,79)97-23-7-34(68-17-57-37-41(68)60-46(52)62-44(37)72)94-28(23)13-90-104(84,85)99-24-8-35(69-18-58-38-42(69)61-47(53)63-45(38)73)95-29(24)14-89-103(82,83)98-22-6-33(67-16-56-36-39(51)54-15-55-40(36)67)93-27(22)12-88-102(80,81)96-21-5-32(92-26(21)10-86-100(76)77)65-3-2-30(50)59-48(65)74/h2-3,9,15-18,20-29,31-35,70H,4-8,10-14H2,1H3,(H15-,50,51,52,53,54,55,59,60,61,62,63,64,71,72,73,74,75,76,77,78,79,80,81,82,83,84,85)/p+1/t20-,21-,22-,23-,24-,25+,26+,27+,28+,29+,31+,32+,33+,34+,35+/m0/s1. The lowest BCUT2D eigenvalue weighted by molar-refractivity contribution is -0.0632. The number of phosphoric acid groups is 4. The average molecular weight is 1570 g/mol. The number of nitrogen functional groups attached to an aromatic ring is 4. The lowest BCUT2D eigenvalue weighted by Crippen LogP contribution is -2.33. The molecule has 562 valence electrons. The molecule has 0 aromatic carbocycles. The highest BCUT2D eigenvalue weighted by atomic mass is 31.2. The molecule has 104 heavy (non-hydrogen) atoms. The second-order valence-electron chi connectivity index (χ2n) is 23.7. The third kappa shape index (κ3) is 16.4. The number of nitrogens with two attached hydrogens (primary N) is 4. The Balaban J connectivity index is 0.718. The van der Waals surface area contributed by atoms with Crippen molar-refractivity contribution >= 4 is 96.6 Å². The summed E-state index contributed by atoms with van der Waals surface area (Å²) in [6.07, 6.45) is -17.0. The summed E-state index contributed by atoms with van der Waals surface area (Å²) >= 11 is 0. The van der Waals surface area contributed by atoms with E-state index in [1.807, 2.05) is 0 Å². The van der Waals surface area contributed by atoms with Gasteiger partial charge in [0.2, 0.25) is 11.9 Å². The minimum atomic E-state index is -5.55. The summed E-state index contributed by atoms with van der Waals surface area (Å²) in [5.74, 6) is -0.909. The quantitative estimate of drug-likeness (QED) is 0.0236. The molecule has 13 heterocycles. The SMILES string of the molecule is Cc1cn([C@H]2C[C@H](O)[C@@H](COP(=O)(O)O[C@H]3C[C@H](n4cnc5c(=O)[nH]c(N)nc54)O[C@@H]3COP(=O)(O)O[C@H]3C[C@H](n4cnc5c(=O)[nH]c(N)nc54)O[C@@H]3COP(=O)(O)O[C@H]3C[C@H](n4cnc5c(N)ncnc54)O[C@@H]3COP(=O)(O)O[C@H]3C[C@H](n4ccc(N)nc4=O)O[C@@H]3CO[P+](=O)O)O2)c(=O)[nH]c1=O. The Labute approximate surface area is 577 Å². The van der Waals surface area contributed by atoms with Gasteiger partial charge in [-0.2, -0.15) is 15.0 Å². The van der Waals surface area contributed by atoms with Crippen LogP contribution in [0.5, 0.6) is 0 Å². The minimum absolute atomic E-state index is 0.0510. The minimum Gasteiger partial charge on any atom is -0.390 e. The Morgan fingerprint density at radius 3 is 1.38 bits per heavy atom. The molecule has 8 aromatic heterocycles. The normalized spacial score (nSPS) is 29.0. The van der Waals surface area contributed by atoms with E-state index in [2.05, 4.69) is 54.8 Å². The van der Waals surface area contributed by atoms with Crippen molar-refractivity contribution in [1.29, 1.82) is 0 Å². The maximum Gasteiger partial charge on any atom is 0.694 e. The molecule has 17 N–H and O–H groups in total. The van der Waals surface area contributed by atoms with Crippen molar-refractivity contribution in [3.63, 3.8) is 0 Å². The smallest absolute Gasteiger partial charge is 0.390 e. The number of aromatic amines is 3. The number of hydrogen-bond donors (Lipinski definition) is 13. The highest BCUT2D eigenvalue weighted by Crippen LogP contribution is 2.55. The number of hydrogen-bond acceptors (Lipinski definition) is 37. The van der Waals surface area contributed by atoms with E-state index in [0.717, 1.165) is 28.1 Å². The van der Waals surface area contributed by atoms with Crippen LogP contribution in [0.15, 0.2) is 67.7 Å². The van der Waals surface area contributed by atoms with Gasteiger partial charge in [-0.15, -0.1) is 9.42 Å². The molecule has 8 aromatic rings. The van der Waals surface area contributed by atoms with Gasteiger partial charge in [0.1, 0.15) is 110 Å². The van der Waals surface area contributed by atoms with Crippen molar-refractivity contribution < 1.29 is 117 Å². The van der Waals surface area contributed by atoms with Crippen LogP contribution in [0, 0.1) is 6.92 Å². The number of nitrogens with zero attached hydrogens (tertiary/aromatic N) is 13. The molecule has 0 aliphatic carbocycles. The summed E-state index contributed by atoms with van der Waals surface area (Å²) in [4.78, 5) is 157. The van der Waals surface area contributed by atoms with Crippen LogP contribution in [-0.2, 0) is 87.2 Å². The predicted octanol–water partition coefficient (Wildman–Crippen LogP) is -1.99. The fourth-order valence-electron chi connectivity index (χ4n) is 12.0. The highest BCUT2D eigenvalue weighted by Gasteiger charge is 2.50. The van der Waals surface area contributed by atoms with E-state index >= 15 is 0 Å². The number of aliphatic hydroxyl groups excluding tert-OH is 1. The Bertz CT molecular complexity index is 5110. The zero-order valence-electron chi connectivity index (χ0n) is 53.1. The van der Waals surface area contributed by atoms with Crippen LogP contribution in [0.1, 0.15) is 68.8 Å². The maximum absolute atomic E-state index is 14.3. The van der Waals surface area contributed by atoms with Crippen molar-refractivity contribution in [2.24, 2.45) is 0 Å². The van der Waals surface area contributed by atoms with Crippen molar-refractivity contribution in [2.45, 2.75) is 131 Å². The van der Waals surface area contributed by atoms with Gasteiger partial charge < -0.3 is 71.3 Å². The summed E-state index contributed by atoms with van der Waals surface area (Å²) in [5, 5.41) is 10.9. The molecule has 5 fully saturated rings. The second kappa shape index (κ2) is 29.5. The van der Waals surface area contributed by atoms with Gasteiger partial charge in [0.05, 0.1) is 51.5 Å². The lowest BCUT2D eigenvalue weighted by Gasteiger charge is -2.25. The number of phosphoric ester groups is 4. The van der Waals surface area contributed by atoms with E-state index in [-0.39, 0.29) is 75.4 Å². The van der Waals surface area contributed by atoms with Gasteiger partial charge in [-0.3, -0.25) is 88.4 Å². The molecule has 55 heteroatoms. The van der Waals surface area contributed by atoms with Gasteiger partial charge in [0.15, 0.2) is 33.8 Å². The Morgan fingerprint density at radius 2 is 0.923 bits per heavy atom. The first-order valence-corrected chi connectivity index (χ1v) is 37.7. The van der Waals surface area contributed by atoms with E-state index < -0.39 is 212 Å². The van der Waals surface area contributed by atoms with Crippen LogP contribution in [0.2, 0.25) is 0 Å². The number of rotatable bonds is 28. The van der Waals surface area contributed by atoms with E-state index in [4.69, 9.17) is 87.3 Å². The fourth-order valence-corrected chi connectivity index (χ4v) is 16.1. The molecule has 5 unspecified atom stereocenters. The largest absolute Gasteiger partial charge is 0.694 e. The number of H-pyrrole nitrogens is 3. The number of aromatic nitrogens is 16. The lowest BCUT2D eigenvalue weighted by atomic mass is 10.2. The van der Waals surface area contributed by atoms with E-state index in [0.29, 0.717) is 0 Å². The number of aliphatic hydroxyl groups is 1. The van der Waals surface area contributed by atoms with Crippen LogP contribution in [0.4, 0.5) is 23.5 Å². The van der Waals surface area contributed by atoms with Crippen LogP contribution in [0.3, 0.4) is 0 Å². The van der Waals surface area contributed by atoms with Gasteiger partial charge >= 0.3 is 50.9 Å². The van der Waals surface area contributed by atoms with Crippen molar-refractivity contribution in [1.82, 2.24) is 77.7 Å². The summed E-state index contributed by atoms with van der Waals surface area (Å²) in [7, 11) is -25.0. The van der Waals surface area contributed by atoms with Gasteiger partial charge in [-0.25, -0.2) is 52.8 Å². The zero-order chi connectivity index (χ0) is 74.1. The monoisotopic (exact) mass is 1570 g/mol. The summed E-state index contributed by atoms with van der Waals surface area (Å²) in [5.41, 5.74) is 18.9. The van der Waals surface area contributed by atoms with E-state index in [9.17, 15) is 76.4 Å². The average Bonchev–Trinajstić information content (AvgIpc) is 1.63. The second-order valence-corrected chi connectivity index (χ2v) is 30.1. The van der Waals surface area contributed by atoms with Crippen LogP contribution in [0.25, 0.3) is 33.5 Å². The molecule has 0 radical (unpaired) electrons. The summed E-state index contributed by atoms with van der Waals surface area (Å²) in [6.45, 7) is -3.20. The number of ether oxygens (including phenoxy) is 5. The van der Waals surface area contributed by atoms with Crippen LogP contribution < -0.4 is 51.0 Å². The first kappa shape index (κ1) is 74.5. The number of imidazole rings is 3. The molecule has 0 spiro atoms. The molecule has 5 aliphatic heterocycles. The summed E-state index contributed by atoms with van der Waals surface area (Å²) < 4.78 is 153. The molecule has 5 aliphatic rings. The van der Waals surface area contributed by atoms with Crippen LogP contribution in [-0.4, -0.2) is 201 Å². The number of nitrogens with one attached hydrogen (secondary N) is 3. The van der Waals surface area contributed by atoms with Gasteiger partial charge in [-0.05, 0) is 13.0 Å². The van der Waals surface area contributed by atoms with Gasteiger partial charge in [0.25, 0.3) is 16.7 Å². The molecule has 13 rings (SSSR count). The predicted molar refractivity (Wildman–Crippen MR) is 341 cm³/mol. The highest BCUT2D eigenvalue weighted by molar-refractivity contribution is 7.48. The Kier molecular flexibility index (Phi) is 21.2. The molecule has 0 amide bonds. The number of aryl methyl sites for hydroxylation is 1. The molecular weight excluding hydrogens is 1500 g/mol. The topological polar surface area (TPSA) is 701 Å². The molecule has 50 nitrogen and oxygen atoms in total. The zero-order valence-corrected chi connectivity index (χ0v) is 57.6. The van der Waals surface area contributed by atoms with Crippen LogP contribution >= 0.6 is 39.5 Å². The molecule has 0 bridgehead atoms. The number of fused-ring (bicyclic) bond motifs is 3. The molecule has 20 atom stereocenters. The first-order valence-electron chi connectivity index (χ1n) is 30.6. The van der Waals surface area contributed by atoms with Crippen molar-refractivity contribution in [3.8, 4) is 0 Å². The van der Waals surface area contributed by atoms with Crippen molar-refractivity contribution in [3.05, 3.63) is 101 Å². The van der Waals surface area contributed by atoms with Gasteiger partial charge in [0, 0.05) is 54.6 Å². The van der Waals surface area contributed by atoms with Crippen molar-refractivity contribution in [2.75, 3.05) is 56.0 Å². The fraction of sp³-hybridized carbons (Fsp3) is 0.531. The molecular formula is C49H62N20O30P5+.